The Bertz CT molecular complexity index is 893. The van der Waals surface area contributed by atoms with Crippen LogP contribution in [-0.4, -0.2) is 16.5 Å². The third kappa shape index (κ3) is 2.85. The molecular formula is C20H22N2O4. The summed E-state index contributed by atoms with van der Waals surface area (Å²) in [5.41, 5.74) is 2.63. The SMILES string of the molecule is CC(=O)C1=C(C)NC2=C(C(=O)C(C)(C)CC2)C1c1cccc([N+](=O)[O-])c1. The van der Waals surface area contributed by atoms with Gasteiger partial charge in [-0.15, -0.1) is 0 Å². The van der Waals surface area contributed by atoms with E-state index in [-0.39, 0.29) is 17.3 Å². The molecule has 1 aromatic carbocycles. The van der Waals surface area contributed by atoms with E-state index in [2.05, 4.69) is 5.32 Å². The first-order valence-corrected chi connectivity index (χ1v) is 8.64. The second-order valence-corrected chi connectivity index (χ2v) is 7.61. The van der Waals surface area contributed by atoms with Gasteiger partial charge in [-0.3, -0.25) is 19.7 Å². The summed E-state index contributed by atoms with van der Waals surface area (Å²) in [7, 11) is 0. The summed E-state index contributed by atoms with van der Waals surface area (Å²) in [6.07, 6.45) is 1.43. The lowest BCUT2D eigenvalue weighted by Crippen LogP contribution is -2.40. The zero-order chi connectivity index (χ0) is 19.2. The van der Waals surface area contributed by atoms with Crippen LogP contribution in [0.3, 0.4) is 0 Å². The number of non-ortho nitro benzene ring substituents is 1. The minimum Gasteiger partial charge on any atom is -0.362 e. The molecule has 0 spiro atoms. The maximum atomic E-state index is 13.2. The number of carbonyl (C=O) groups is 2. The molecule has 1 heterocycles. The van der Waals surface area contributed by atoms with Gasteiger partial charge < -0.3 is 5.32 Å². The Balaban J connectivity index is 2.24. The van der Waals surface area contributed by atoms with E-state index in [9.17, 15) is 19.7 Å². The standard InChI is InChI=1S/C20H22N2O4/c1-11-16(12(2)23)17(13-6-5-7-14(10-13)22(25)26)18-15(21-11)8-9-20(3,4)19(18)24/h5-7,10,17,21H,8-9H2,1-4H3. The van der Waals surface area contributed by atoms with E-state index >= 15 is 0 Å². The van der Waals surface area contributed by atoms with Crippen LogP contribution in [-0.2, 0) is 9.59 Å². The van der Waals surface area contributed by atoms with Crippen molar-refractivity contribution in [1.29, 1.82) is 0 Å². The van der Waals surface area contributed by atoms with Gasteiger partial charge in [0.1, 0.15) is 0 Å². The number of hydrogen-bond donors (Lipinski definition) is 1. The molecule has 0 aromatic heterocycles. The number of nitro groups is 1. The molecule has 0 fully saturated rings. The summed E-state index contributed by atoms with van der Waals surface area (Å²) in [6, 6.07) is 6.22. The Morgan fingerprint density at radius 1 is 1.35 bits per heavy atom. The molecule has 1 aliphatic heterocycles. The fourth-order valence-electron chi connectivity index (χ4n) is 3.90. The lowest BCUT2D eigenvalue weighted by molar-refractivity contribution is -0.384. The predicted octanol–water partition coefficient (Wildman–Crippen LogP) is 3.79. The third-order valence-corrected chi connectivity index (χ3v) is 5.30. The minimum atomic E-state index is -0.573. The number of ketones is 2. The van der Waals surface area contributed by atoms with Crippen molar-refractivity contribution in [1.82, 2.24) is 5.32 Å². The Morgan fingerprint density at radius 2 is 2.04 bits per heavy atom. The Morgan fingerprint density at radius 3 is 2.65 bits per heavy atom. The van der Waals surface area contributed by atoms with Crippen LogP contribution in [0.5, 0.6) is 0 Å². The normalized spacial score (nSPS) is 22.0. The summed E-state index contributed by atoms with van der Waals surface area (Å²) in [4.78, 5) is 36.3. The number of allylic oxidation sites excluding steroid dienone is 4. The van der Waals surface area contributed by atoms with Gasteiger partial charge in [-0.05, 0) is 32.3 Å². The number of rotatable bonds is 3. The second kappa shape index (κ2) is 6.20. The van der Waals surface area contributed by atoms with Gasteiger partial charge in [0.15, 0.2) is 11.6 Å². The van der Waals surface area contributed by atoms with Gasteiger partial charge in [0, 0.05) is 46.0 Å². The summed E-state index contributed by atoms with van der Waals surface area (Å²) < 4.78 is 0. The molecule has 1 aliphatic carbocycles. The maximum absolute atomic E-state index is 13.2. The third-order valence-electron chi connectivity index (χ3n) is 5.30. The number of nitro benzene ring substituents is 1. The molecule has 0 amide bonds. The number of nitrogens with zero attached hydrogens (tertiary/aromatic N) is 1. The van der Waals surface area contributed by atoms with Crippen LogP contribution in [0.1, 0.15) is 52.0 Å². The van der Waals surface area contributed by atoms with Crippen LogP contribution in [0.25, 0.3) is 0 Å². The van der Waals surface area contributed by atoms with E-state index in [4.69, 9.17) is 0 Å². The van der Waals surface area contributed by atoms with E-state index in [1.165, 1.54) is 19.1 Å². The van der Waals surface area contributed by atoms with Crippen molar-refractivity contribution in [2.75, 3.05) is 0 Å². The lowest BCUT2D eigenvalue weighted by atomic mass is 9.67. The van der Waals surface area contributed by atoms with Crippen molar-refractivity contribution in [3.05, 3.63) is 62.5 Å². The first-order chi connectivity index (χ1) is 12.1. The van der Waals surface area contributed by atoms with Crippen molar-refractivity contribution in [3.8, 4) is 0 Å². The predicted molar refractivity (Wildman–Crippen MR) is 97.4 cm³/mol. The smallest absolute Gasteiger partial charge is 0.269 e. The highest BCUT2D eigenvalue weighted by atomic mass is 16.6. The van der Waals surface area contributed by atoms with E-state index in [1.807, 2.05) is 20.8 Å². The Kier molecular flexibility index (Phi) is 4.30. The summed E-state index contributed by atoms with van der Waals surface area (Å²) in [6.45, 7) is 7.09. The van der Waals surface area contributed by atoms with Crippen LogP contribution >= 0.6 is 0 Å². The number of benzene rings is 1. The quantitative estimate of drug-likeness (QED) is 0.659. The monoisotopic (exact) mass is 354 g/mol. The molecule has 1 unspecified atom stereocenters. The molecule has 1 aromatic rings. The molecule has 0 radical (unpaired) electrons. The van der Waals surface area contributed by atoms with Gasteiger partial charge in [0.25, 0.3) is 5.69 Å². The topological polar surface area (TPSA) is 89.3 Å². The average Bonchev–Trinajstić information content (AvgIpc) is 2.57. The molecule has 0 saturated heterocycles. The number of Topliss-reactive ketones (excluding diaryl/α,β-unsaturated/α-hetero) is 2. The van der Waals surface area contributed by atoms with Crippen molar-refractivity contribution < 1.29 is 14.5 Å². The van der Waals surface area contributed by atoms with Crippen molar-refractivity contribution in [2.45, 2.75) is 46.5 Å². The molecule has 6 nitrogen and oxygen atoms in total. The zero-order valence-corrected chi connectivity index (χ0v) is 15.4. The van der Waals surface area contributed by atoms with Crippen LogP contribution in [0.4, 0.5) is 5.69 Å². The Labute approximate surface area is 152 Å². The molecule has 1 atom stereocenters. The minimum absolute atomic E-state index is 0.00555. The Hall–Kier alpha value is -2.76. The molecule has 2 aliphatic rings. The molecule has 1 N–H and O–H groups in total. The first-order valence-electron chi connectivity index (χ1n) is 8.64. The number of nitrogens with one attached hydrogen (secondary N) is 1. The number of dihydropyridines is 1. The van der Waals surface area contributed by atoms with Crippen LogP contribution in [0, 0.1) is 15.5 Å². The van der Waals surface area contributed by atoms with Crippen molar-refractivity contribution in [3.63, 3.8) is 0 Å². The molecular weight excluding hydrogens is 332 g/mol. The van der Waals surface area contributed by atoms with Crippen LogP contribution in [0.2, 0.25) is 0 Å². The van der Waals surface area contributed by atoms with E-state index in [0.717, 1.165) is 12.1 Å². The molecule has 26 heavy (non-hydrogen) atoms. The fourth-order valence-corrected chi connectivity index (χ4v) is 3.90. The molecule has 136 valence electrons. The van der Waals surface area contributed by atoms with E-state index < -0.39 is 16.3 Å². The second-order valence-electron chi connectivity index (χ2n) is 7.61. The van der Waals surface area contributed by atoms with Gasteiger partial charge in [-0.2, -0.15) is 0 Å². The molecule has 6 heteroatoms. The average molecular weight is 354 g/mol. The van der Waals surface area contributed by atoms with Gasteiger partial charge in [-0.25, -0.2) is 0 Å². The highest BCUT2D eigenvalue weighted by molar-refractivity contribution is 6.07. The van der Waals surface area contributed by atoms with E-state index in [0.29, 0.717) is 28.8 Å². The lowest BCUT2D eigenvalue weighted by Gasteiger charge is -2.39. The van der Waals surface area contributed by atoms with Crippen molar-refractivity contribution >= 4 is 17.3 Å². The highest BCUT2D eigenvalue weighted by Gasteiger charge is 2.44. The van der Waals surface area contributed by atoms with Gasteiger partial charge >= 0.3 is 0 Å². The van der Waals surface area contributed by atoms with Crippen molar-refractivity contribution in [2.24, 2.45) is 5.41 Å². The fraction of sp³-hybridized carbons (Fsp3) is 0.400. The van der Waals surface area contributed by atoms with Gasteiger partial charge in [0.05, 0.1) is 4.92 Å². The van der Waals surface area contributed by atoms with E-state index in [1.54, 1.807) is 12.1 Å². The largest absolute Gasteiger partial charge is 0.362 e. The molecule has 0 saturated carbocycles. The maximum Gasteiger partial charge on any atom is 0.269 e. The summed E-state index contributed by atoms with van der Waals surface area (Å²) >= 11 is 0. The molecule has 3 rings (SSSR count). The van der Waals surface area contributed by atoms with Crippen LogP contribution in [0.15, 0.2) is 46.8 Å². The van der Waals surface area contributed by atoms with Gasteiger partial charge in [-0.1, -0.05) is 26.0 Å². The summed E-state index contributed by atoms with van der Waals surface area (Å²) in [5.74, 6) is -0.723. The van der Waals surface area contributed by atoms with Crippen LogP contribution < -0.4 is 5.32 Å². The highest BCUT2D eigenvalue weighted by Crippen LogP contribution is 2.47. The first kappa shape index (κ1) is 18.0. The number of carbonyl (C=O) groups excluding carboxylic acids is 2. The summed E-state index contributed by atoms with van der Waals surface area (Å²) in [5, 5.41) is 14.4. The molecule has 0 bridgehead atoms. The number of hydrogen-bond acceptors (Lipinski definition) is 5. The van der Waals surface area contributed by atoms with Gasteiger partial charge in [0.2, 0.25) is 0 Å². The zero-order valence-electron chi connectivity index (χ0n) is 15.4.